The SMILES string of the molecule is Cc1ncn(C)c1N. The Balaban J connectivity index is 3.19. The third-order valence-corrected chi connectivity index (χ3v) is 1.18. The number of hydrogen-bond donors (Lipinski definition) is 1. The highest BCUT2D eigenvalue weighted by Gasteiger charge is 1.94. The van der Waals surface area contributed by atoms with Crippen LogP contribution in [0.4, 0.5) is 5.82 Å². The number of nitrogen functional groups attached to an aromatic ring is 1. The molecule has 0 amide bonds. The van der Waals surface area contributed by atoms with E-state index in [1.807, 2.05) is 14.0 Å². The van der Waals surface area contributed by atoms with Crippen molar-refractivity contribution in [3.63, 3.8) is 0 Å². The van der Waals surface area contributed by atoms with Crippen molar-refractivity contribution in [3.8, 4) is 0 Å². The van der Waals surface area contributed by atoms with Gasteiger partial charge in [0, 0.05) is 7.05 Å². The predicted octanol–water partition coefficient (Wildman–Crippen LogP) is 0.311. The zero-order valence-electron chi connectivity index (χ0n) is 5.05. The van der Waals surface area contributed by atoms with Gasteiger partial charge in [0.25, 0.3) is 0 Å². The van der Waals surface area contributed by atoms with Crippen LogP contribution in [-0.2, 0) is 7.05 Å². The zero-order valence-corrected chi connectivity index (χ0v) is 5.05. The van der Waals surface area contributed by atoms with Gasteiger partial charge in [-0.05, 0) is 6.92 Å². The van der Waals surface area contributed by atoms with Crippen LogP contribution in [0.2, 0.25) is 0 Å². The third-order valence-electron chi connectivity index (χ3n) is 1.18. The van der Waals surface area contributed by atoms with E-state index >= 15 is 0 Å². The monoisotopic (exact) mass is 111 g/mol. The standard InChI is InChI=1S/C5H9N3/c1-4-5(6)8(2)3-7-4/h3H,6H2,1-2H3. The van der Waals surface area contributed by atoms with E-state index in [1.165, 1.54) is 0 Å². The second-order valence-electron chi connectivity index (χ2n) is 1.83. The molecule has 1 aromatic rings. The van der Waals surface area contributed by atoms with Gasteiger partial charge in [-0.1, -0.05) is 0 Å². The first kappa shape index (κ1) is 5.15. The molecule has 0 radical (unpaired) electrons. The number of nitrogens with two attached hydrogens (primary N) is 1. The molecule has 1 heterocycles. The number of anilines is 1. The van der Waals surface area contributed by atoms with Crippen LogP contribution in [0, 0.1) is 6.92 Å². The summed E-state index contributed by atoms with van der Waals surface area (Å²) in [6.45, 7) is 1.88. The van der Waals surface area contributed by atoms with E-state index in [0.29, 0.717) is 0 Å². The largest absolute Gasteiger partial charge is 0.384 e. The van der Waals surface area contributed by atoms with Crippen molar-refractivity contribution in [1.29, 1.82) is 0 Å². The minimum Gasteiger partial charge on any atom is -0.384 e. The third kappa shape index (κ3) is 0.559. The van der Waals surface area contributed by atoms with Gasteiger partial charge in [-0.2, -0.15) is 0 Å². The summed E-state index contributed by atoms with van der Waals surface area (Å²) >= 11 is 0. The lowest BCUT2D eigenvalue weighted by Gasteiger charge is -1.91. The lowest BCUT2D eigenvalue weighted by atomic mass is 10.5. The molecule has 0 aliphatic carbocycles. The average molecular weight is 111 g/mol. The molecule has 1 rings (SSSR count). The maximum absolute atomic E-state index is 5.50. The van der Waals surface area contributed by atoms with Gasteiger partial charge in [0.15, 0.2) is 0 Å². The lowest BCUT2D eigenvalue weighted by Crippen LogP contribution is -1.94. The van der Waals surface area contributed by atoms with Crippen molar-refractivity contribution in [2.24, 2.45) is 7.05 Å². The Bertz CT molecular complexity index is 170. The topological polar surface area (TPSA) is 43.8 Å². The van der Waals surface area contributed by atoms with Gasteiger partial charge in [-0.25, -0.2) is 4.98 Å². The van der Waals surface area contributed by atoms with Crippen LogP contribution < -0.4 is 5.73 Å². The summed E-state index contributed by atoms with van der Waals surface area (Å²) in [4.78, 5) is 3.95. The van der Waals surface area contributed by atoms with E-state index in [9.17, 15) is 0 Å². The number of imidazole rings is 1. The summed E-state index contributed by atoms with van der Waals surface area (Å²) in [6, 6.07) is 0. The summed E-state index contributed by atoms with van der Waals surface area (Å²) in [7, 11) is 1.87. The van der Waals surface area contributed by atoms with Crippen LogP contribution >= 0.6 is 0 Å². The molecule has 0 aromatic carbocycles. The minimum absolute atomic E-state index is 0.741. The van der Waals surface area contributed by atoms with E-state index in [1.54, 1.807) is 10.9 Å². The molecule has 0 saturated heterocycles. The Hall–Kier alpha value is -0.990. The highest BCUT2D eigenvalue weighted by molar-refractivity contribution is 5.33. The van der Waals surface area contributed by atoms with Crippen LogP contribution in [0.1, 0.15) is 5.69 Å². The maximum atomic E-state index is 5.50. The number of hydrogen-bond acceptors (Lipinski definition) is 2. The number of aromatic nitrogens is 2. The Morgan fingerprint density at radius 1 is 1.75 bits per heavy atom. The summed E-state index contributed by atoms with van der Waals surface area (Å²) in [5.74, 6) is 0.741. The summed E-state index contributed by atoms with van der Waals surface area (Å²) in [5, 5.41) is 0. The fraction of sp³-hybridized carbons (Fsp3) is 0.400. The highest BCUT2D eigenvalue weighted by Crippen LogP contribution is 2.03. The molecule has 0 unspecified atom stereocenters. The molecule has 3 nitrogen and oxygen atoms in total. The van der Waals surface area contributed by atoms with Gasteiger partial charge in [0.2, 0.25) is 0 Å². The smallest absolute Gasteiger partial charge is 0.126 e. The molecule has 3 heteroatoms. The molecule has 0 atom stereocenters. The summed E-state index contributed by atoms with van der Waals surface area (Å²) in [5.41, 5.74) is 6.40. The first-order valence-corrected chi connectivity index (χ1v) is 2.45. The van der Waals surface area contributed by atoms with Gasteiger partial charge < -0.3 is 10.3 Å². The molecule has 0 spiro atoms. The van der Waals surface area contributed by atoms with E-state index in [4.69, 9.17) is 5.73 Å². The van der Waals surface area contributed by atoms with Gasteiger partial charge in [-0.3, -0.25) is 0 Å². The summed E-state index contributed by atoms with van der Waals surface area (Å²) < 4.78 is 1.79. The molecule has 0 aliphatic rings. The quantitative estimate of drug-likeness (QED) is 0.523. The molecule has 0 aliphatic heterocycles. The van der Waals surface area contributed by atoms with E-state index in [0.717, 1.165) is 11.5 Å². The highest BCUT2D eigenvalue weighted by atomic mass is 15.1. The first-order chi connectivity index (χ1) is 3.72. The molecule has 0 saturated carbocycles. The summed E-state index contributed by atoms with van der Waals surface area (Å²) in [6.07, 6.45) is 1.70. The Labute approximate surface area is 48.1 Å². The predicted molar refractivity (Wildman–Crippen MR) is 32.4 cm³/mol. The molecule has 44 valence electrons. The van der Waals surface area contributed by atoms with Crippen molar-refractivity contribution >= 4 is 5.82 Å². The van der Waals surface area contributed by atoms with Gasteiger partial charge in [0.05, 0.1) is 12.0 Å². The molecule has 0 bridgehead atoms. The van der Waals surface area contributed by atoms with E-state index in [-0.39, 0.29) is 0 Å². The van der Waals surface area contributed by atoms with Gasteiger partial charge >= 0.3 is 0 Å². The van der Waals surface area contributed by atoms with Crippen molar-refractivity contribution in [3.05, 3.63) is 12.0 Å². The van der Waals surface area contributed by atoms with Crippen molar-refractivity contribution < 1.29 is 0 Å². The average Bonchev–Trinajstić information content (AvgIpc) is 1.98. The van der Waals surface area contributed by atoms with Gasteiger partial charge in [0.1, 0.15) is 5.82 Å². The lowest BCUT2D eigenvalue weighted by molar-refractivity contribution is 0.925. The first-order valence-electron chi connectivity index (χ1n) is 2.45. The molecule has 8 heavy (non-hydrogen) atoms. The van der Waals surface area contributed by atoms with Gasteiger partial charge in [-0.15, -0.1) is 0 Å². The number of aryl methyl sites for hydroxylation is 2. The Morgan fingerprint density at radius 3 is 2.50 bits per heavy atom. The second-order valence-corrected chi connectivity index (χ2v) is 1.83. The molecule has 1 aromatic heterocycles. The Kier molecular flexibility index (Phi) is 0.970. The van der Waals surface area contributed by atoms with Crippen LogP contribution in [0.3, 0.4) is 0 Å². The molecular formula is C5H9N3. The van der Waals surface area contributed by atoms with Crippen LogP contribution in [0.5, 0.6) is 0 Å². The number of nitrogens with zero attached hydrogens (tertiary/aromatic N) is 2. The van der Waals surface area contributed by atoms with Crippen LogP contribution in [0.25, 0.3) is 0 Å². The molecule has 0 fully saturated rings. The fourth-order valence-electron chi connectivity index (χ4n) is 0.557. The molecule has 2 N–H and O–H groups in total. The molecular weight excluding hydrogens is 102 g/mol. The van der Waals surface area contributed by atoms with Crippen LogP contribution in [-0.4, -0.2) is 9.55 Å². The maximum Gasteiger partial charge on any atom is 0.126 e. The van der Waals surface area contributed by atoms with Crippen molar-refractivity contribution in [2.45, 2.75) is 6.92 Å². The van der Waals surface area contributed by atoms with E-state index < -0.39 is 0 Å². The number of rotatable bonds is 0. The second kappa shape index (κ2) is 1.51. The van der Waals surface area contributed by atoms with Crippen molar-refractivity contribution in [1.82, 2.24) is 9.55 Å². The van der Waals surface area contributed by atoms with E-state index in [2.05, 4.69) is 4.98 Å². The normalized spacial score (nSPS) is 9.75. The minimum atomic E-state index is 0.741. The zero-order chi connectivity index (χ0) is 6.15. The fourth-order valence-corrected chi connectivity index (χ4v) is 0.557. The Morgan fingerprint density at radius 2 is 2.38 bits per heavy atom. The van der Waals surface area contributed by atoms with Crippen LogP contribution in [0.15, 0.2) is 6.33 Å². The van der Waals surface area contributed by atoms with Crippen molar-refractivity contribution in [2.75, 3.05) is 5.73 Å².